The molecule has 1 aliphatic heterocycles. The first-order valence-electron chi connectivity index (χ1n) is 3.63. The van der Waals surface area contributed by atoms with Crippen molar-refractivity contribution >= 4 is 10.2 Å². The second kappa shape index (κ2) is 3.67. The third-order valence-electron chi connectivity index (χ3n) is 1.65. The summed E-state index contributed by atoms with van der Waals surface area (Å²) in [6.45, 7) is 1.60. The molecular formula is C5H13N3O3S. The molecule has 7 heteroatoms. The first kappa shape index (κ1) is 9.87. The van der Waals surface area contributed by atoms with Crippen molar-refractivity contribution in [2.75, 3.05) is 26.2 Å². The second-order valence-electron chi connectivity index (χ2n) is 2.64. The van der Waals surface area contributed by atoms with Crippen LogP contribution in [0.25, 0.3) is 0 Å². The molecule has 1 heterocycles. The van der Waals surface area contributed by atoms with Crippen molar-refractivity contribution in [3.63, 3.8) is 0 Å². The number of rotatable bonds is 4. The van der Waals surface area contributed by atoms with E-state index in [0.29, 0.717) is 26.2 Å². The van der Waals surface area contributed by atoms with E-state index in [9.17, 15) is 8.42 Å². The van der Waals surface area contributed by atoms with E-state index in [1.165, 1.54) is 0 Å². The van der Waals surface area contributed by atoms with Crippen molar-refractivity contribution in [2.45, 2.75) is 6.10 Å². The SMILES string of the molecule is NCCOC1CN(S(N)(=O)=O)C1. The van der Waals surface area contributed by atoms with Gasteiger partial charge in [0.25, 0.3) is 10.2 Å². The highest BCUT2D eigenvalue weighted by molar-refractivity contribution is 7.86. The van der Waals surface area contributed by atoms with Gasteiger partial charge in [-0.05, 0) is 0 Å². The van der Waals surface area contributed by atoms with Crippen molar-refractivity contribution in [1.29, 1.82) is 0 Å². The lowest BCUT2D eigenvalue weighted by molar-refractivity contribution is -0.0160. The highest BCUT2D eigenvalue weighted by atomic mass is 32.2. The van der Waals surface area contributed by atoms with Gasteiger partial charge >= 0.3 is 0 Å². The Labute approximate surface area is 71.6 Å². The fraction of sp³-hybridized carbons (Fsp3) is 1.00. The molecule has 0 unspecified atom stereocenters. The molecule has 0 bridgehead atoms. The van der Waals surface area contributed by atoms with Gasteiger partial charge in [-0.15, -0.1) is 0 Å². The maximum atomic E-state index is 10.7. The second-order valence-corrected chi connectivity index (χ2v) is 4.19. The summed E-state index contributed by atoms with van der Waals surface area (Å²) in [5.41, 5.74) is 5.19. The molecule has 1 saturated heterocycles. The van der Waals surface area contributed by atoms with Gasteiger partial charge in [0.2, 0.25) is 0 Å². The van der Waals surface area contributed by atoms with Crippen LogP contribution in [0, 0.1) is 0 Å². The Kier molecular flexibility index (Phi) is 3.02. The van der Waals surface area contributed by atoms with Crippen LogP contribution in [0.15, 0.2) is 0 Å². The molecule has 4 N–H and O–H groups in total. The molecule has 1 aliphatic rings. The number of nitrogens with two attached hydrogens (primary N) is 2. The molecule has 0 atom stereocenters. The van der Waals surface area contributed by atoms with Crippen LogP contribution in [0.2, 0.25) is 0 Å². The van der Waals surface area contributed by atoms with E-state index < -0.39 is 10.2 Å². The molecule has 6 nitrogen and oxygen atoms in total. The quantitative estimate of drug-likeness (QED) is 0.534. The first-order chi connectivity index (χ1) is 5.54. The van der Waals surface area contributed by atoms with Crippen molar-refractivity contribution < 1.29 is 13.2 Å². The zero-order chi connectivity index (χ0) is 9.19. The Morgan fingerprint density at radius 1 is 1.50 bits per heavy atom. The molecule has 0 aromatic rings. The molecule has 0 saturated carbocycles. The lowest BCUT2D eigenvalue weighted by atomic mass is 10.2. The Bertz CT molecular complexity index is 234. The van der Waals surface area contributed by atoms with Crippen LogP contribution < -0.4 is 10.9 Å². The van der Waals surface area contributed by atoms with Gasteiger partial charge in [0.1, 0.15) is 0 Å². The van der Waals surface area contributed by atoms with Gasteiger partial charge in [0.15, 0.2) is 0 Å². The largest absolute Gasteiger partial charge is 0.374 e. The van der Waals surface area contributed by atoms with Crippen LogP contribution in [0.5, 0.6) is 0 Å². The van der Waals surface area contributed by atoms with E-state index in [1.807, 2.05) is 0 Å². The molecule has 1 fully saturated rings. The van der Waals surface area contributed by atoms with Gasteiger partial charge < -0.3 is 10.5 Å². The van der Waals surface area contributed by atoms with Crippen LogP contribution in [-0.2, 0) is 14.9 Å². The van der Waals surface area contributed by atoms with Gasteiger partial charge in [-0.3, -0.25) is 0 Å². The van der Waals surface area contributed by atoms with E-state index in [2.05, 4.69) is 0 Å². The number of hydrogen-bond acceptors (Lipinski definition) is 4. The normalized spacial score (nSPS) is 20.8. The minimum atomic E-state index is -3.50. The fourth-order valence-corrected chi connectivity index (χ4v) is 1.70. The van der Waals surface area contributed by atoms with E-state index in [4.69, 9.17) is 15.6 Å². The van der Waals surface area contributed by atoms with Gasteiger partial charge in [-0.2, -0.15) is 12.7 Å². The average molecular weight is 195 g/mol. The molecule has 0 aliphatic carbocycles. The molecule has 0 aromatic heterocycles. The molecule has 12 heavy (non-hydrogen) atoms. The van der Waals surface area contributed by atoms with E-state index in [1.54, 1.807) is 0 Å². The van der Waals surface area contributed by atoms with Gasteiger partial charge in [0, 0.05) is 19.6 Å². The van der Waals surface area contributed by atoms with Crippen molar-refractivity contribution in [2.24, 2.45) is 10.9 Å². The zero-order valence-corrected chi connectivity index (χ0v) is 7.46. The Balaban J connectivity index is 2.20. The average Bonchev–Trinajstić information content (AvgIpc) is 1.81. The molecule has 72 valence electrons. The molecule has 0 spiro atoms. The monoisotopic (exact) mass is 195 g/mol. The summed E-state index contributed by atoms with van der Waals surface area (Å²) in [6.07, 6.45) is -0.0353. The molecule has 0 amide bonds. The smallest absolute Gasteiger partial charge is 0.277 e. The predicted molar refractivity (Wildman–Crippen MR) is 43.5 cm³/mol. The zero-order valence-electron chi connectivity index (χ0n) is 6.64. The van der Waals surface area contributed by atoms with Crippen LogP contribution in [0.1, 0.15) is 0 Å². The summed E-state index contributed by atoms with van der Waals surface area (Å²) in [5.74, 6) is 0. The highest BCUT2D eigenvalue weighted by Crippen LogP contribution is 2.13. The summed E-state index contributed by atoms with van der Waals surface area (Å²) in [7, 11) is -3.50. The first-order valence-corrected chi connectivity index (χ1v) is 5.14. The van der Waals surface area contributed by atoms with E-state index >= 15 is 0 Å². The Morgan fingerprint density at radius 3 is 2.50 bits per heavy atom. The maximum absolute atomic E-state index is 10.7. The maximum Gasteiger partial charge on any atom is 0.277 e. The van der Waals surface area contributed by atoms with Crippen molar-refractivity contribution in [3.05, 3.63) is 0 Å². The topological polar surface area (TPSA) is 98.7 Å². The molecule has 1 rings (SSSR count). The minimum Gasteiger partial charge on any atom is -0.374 e. The number of nitrogens with zero attached hydrogens (tertiary/aromatic N) is 1. The standard InChI is InChI=1S/C5H13N3O3S/c6-1-2-11-5-3-8(4-5)12(7,9)10/h5H,1-4,6H2,(H2,7,9,10). The summed E-state index contributed by atoms with van der Waals surface area (Å²) in [4.78, 5) is 0. The van der Waals surface area contributed by atoms with Gasteiger partial charge in [-0.1, -0.05) is 0 Å². The highest BCUT2D eigenvalue weighted by Gasteiger charge is 2.33. The predicted octanol–water partition coefficient (Wildman–Crippen LogP) is -2.15. The minimum absolute atomic E-state index is 0.0353. The van der Waals surface area contributed by atoms with Crippen LogP contribution >= 0.6 is 0 Å². The summed E-state index contributed by atoms with van der Waals surface area (Å²) in [5, 5.41) is 4.85. The lowest BCUT2D eigenvalue weighted by Gasteiger charge is -2.36. The lowest BCUT2D eigenvalue weighted by Crippen LogP contribution is -2.56. The van der Waals surface area contributed by atoms with Gasteiger partial charge in [0.05, 0.1) is 12.7 Å². The van der Waals surface area contributed by atoms with Crippen molar-refractivity contribution in [3.8, 4) is 0 Å². The van der Waals surface area contributed by atoms with Crippen LogP contribution in [0.4, 0.5) is 0 Å². The third-order valence-corrected chi connectivity index (χ3v) is 2.66. The Hall–Kier alpha value is -0.210. The van der Waals surface area contributed by atoms with Crippen LogP contribution in [-0.4, -0.2) is 45.1 Å². The summed E-state index contributed by atoms with van der Waals surface area (Å²) < 4.78 is 27.6. The Morgan fingerprint density at radius 2 is 2.08 bits per heavy atom. The molecular weight excluding hydrogens is 182 g/mol. The summed E-state index contributed by atoms with van der Waals surface area (Å²) in [6, 6.07) is 0. The third kappa shape index (κ3) is 2.39. The fourth-order valence-electron chi connectivity index (χ4n) is 0.949. The number of ether oxygens (including phenoxy) is 1. The van der Waals surface area contributed by atoms with E-state index in [0.717, 1.165) is 4.31 Å². The van der Waals surface area contributed by atoms with E-state index in [-0.39, 0.29) is 6.10 Å². The van der Waals surface area contributed by atoms with Gasteiger partial charge in [-0.25, -0.2) is 5.14 Å². The molecule has 0 aromatic carbocycles. The summed E-state index contributed by atoms with van der Waals surface area (Å²) >= 11 is 0. The van der Waals surface area contributed by atoms with Crippen LogP contribution in [0.3, 0.4) is 0 Å². The molecule has 0 radical (unpaired) electrons. The number of hydrogen-bond donors (Lipinski definition) is 2. The van der Waals surface area contributed by atoms with Crippen molar-refractivity contribution in [1.82, 2.24) is 4.31 Å².